The van der Waals surface area contributed by atoms with Crippen molar-refractivity contribution < 1.29 is 14.3 Å². The predicted molar refractivity (Wildman–Crippen MR) is 55.3 cm³/mol. The van der Waals surface area contributed by atoms with E-state index in [1.807, 2.05) is 27.7 Å². The molecule has 0 aromatic heterocycles. The van der Waals surface area contributed by atoms with E-state index in [9.17, 15) is 4.79 Å². The van der Waals surface area contributed by atoms with Gasteiger partial charge in [0.15, 0.2) is 0 Å². The lowest BCUT2D eigenvalue weighted by molar-refractivity contribution is 0.0490. The Morgan fingerprint density at radius 3 is 2.29 bits per heavy atom. The Morgan fingerprint density at radius 2 is 1.93 bits per heavy atom. The number of likely N-dealkylation sites (N-methyl/N-ethyl adjacent to an activating group) is 1. The van der Waals surface area contributed by atoms with Crippen LogP contribution in [0.5, 0.6) is 0 Å². The summed E-state index contributed by atoms with van der Waals surface area (Å²) in [5.41, 5.74) is 0. The van der Waals surface area contributed by atoms with E-state index in [-0.39, 0.29) is 18.2 Å². The van der Waals surface area contributed by atoms with Crippen LogP contribution >= 0.6 is 0 Å². The number of carbonyl (C=O) groups is 1. The molecule has 0 spiro atoms. The molecule has 1 amide bonds. The summed E-state index contributed by atoms with van der Waals surface area (Å²) < 4.78 is 10.1. The lowest BCUT2D eigenvalue weighted by atomic mass is 10.3. The van der Waals surface area contributed by atoms with E-state index in [0.29, 0.717) is 13.2 Å². The average molecular weight is 203 g/mol. The molecule has 0 aromatic rings. The first-order chi connectivity index (χ1) is 6.52. The predicted octanol–water partition coefficient (Wildman–Crippen LogP) is 1.89. The van der Waals surface area contributed by atoms with Gasteiger partial charge in [-0.15, -0.1) is 0 Å². The third-order valence-electron chi connectivity index (χ3n) is 1.85. The van der Waals surface area contributed by atoms with Crippen molar-refractivity contribution in [2.45, 2.75) is 39.8 Å². The summed E-state index contributed by atoms with van der Waals surface area (Å²) in [4.78, 5) is 13.2. The normalized spacial score (nSPS) is 12.7. The highest BCUT2D eigenvalue weighted by Crippen LogP contribution is 2.04. The van der Waals surface area contributed by atoms with E-state index >= 15 is 0 Å². The van der Waals surface area contributed by atoms with Crippen LogP contribution in [0.4, 0.5) is 4.79 Å². The van der Waals surface area contributed by atoms with Crippen LogP contribution in [0.15, 0.2) is 0 Å². The molecule has 0 saturated carbocycles. The van der Waals surface area contributed by atoms with Crippen molar-refractivity contribution in [2.24, 2.45) is 0 Å². The second-order valence-corrected chi connectivity index (χ2v) is 3.52. The van der Waals surface area contributed by atoms with Gasteiger partial charge in [0.2, 0.25) is 0 Å². The molecule has 14 heavy (non-hydrogen) atoms. The van der Waals surface area contributed by atoms with E-state index < -0.39 is 0 Å². The van der Waals surface area contributed by atoms with Crippen LogP contribution in [0.3, 0.4) is 0 Å². The number of hydrogen-bond donors (Lipinski definition) is 0. The molecule has 4 nitrogen and oxygen atoms in total. The molecule has 0 aromatic carbocycles. The first-order valence-electron chi connectivity index (χ1n) is 4.99. The quantitative estimate of drug-likeness (QED) is 0.685. The van der Waals surface area contributed by atoms with E-state index in [1.165, 1.54) is 0 Å². The van der Waals surface area contributed by atoms with Gasteiger partial charge in [-0.05, 0) is 27.7 Å². The Hall–Kier alpha value is -0.770. The van der Waals surface area contributed by atoms with Gasteiger partial charge < -0.3 is 14.4 Å². The molecule has 0 fully saturated rings. The van der Waals surface area contributed by atoms with Gasteiger partial charge in [0, 0.05) is 13.7 Å². The van der Waals surface area contributed by atoms with Crippen LogP contribution in [0, 0.1) is 0 Å². The Bertz CT molecular complexity index is 171. The van der Waals surface area contributed by atoms with Gasteiger partial charge >= 0.3 is 6.09 Å². The summed E-state index contributed by atoms with van der Waals surface area (Å²) in [5.74, 6) is 0. The largest absolute Gasteiger partial charge is 0.447 e. The van der Waals surface area contributed by atoms with Crippen LogP contribution in [-0.2, 0) is 9.47 Å². The summed E-state index contributed by atoms with van der Waals surface area (Å²) >= 11 is 0. The minimum atomic E-state index is -0.271. The van der Waals surface area contributed by atoms with Crippen molar-refractivity contribution in [2.75, 3.05) is 20.3 Å². The standard InChI is InChI=1S/C10H21NO3/c1-6-11(9(4)7-13-5)10(12)14-8(2)3/h8-9H,6-7H2,1-5H3. The maximum absolute atomic E-state index is 11.5. The minimum absolute atomic E-state index is 0.0521. The Labute approximate surface area is 86.2 Å². The van der Waals surface area contributed by atoms with Crippen molar-refractivity contribution in [1.29, 1.82) is 0 Å². The lowest BCUT2D eigenvalue weighted by Gasteiger charge is -2.27. The average Bonchev–Trinajstić information content (AvgIpc) is 2.04. The third-order valence-corrected chi connectivity index (χ3v) is 1.85. The van der Waals surface area contributed by atoms with Crippen LogP contribution in [0.1, 0.15) is 27.7 Å². The minimum Gasteiger partial charge on any atom is -0.447 e. The SMILES string of the molecule is CCN(C(=O)OC(C)C)C(C)COC. The monoisotopic (exact) mass is 203 g/mol. The van der Waals surface area contributed by atoms with Crippen LogP contribution in [0.25, 0.3) is 0 Å². The van der Waals surface area contributed by atoms with Crippen LogP contribution < -0.4 is 0 Å². The van der Waals surface area contributed by atoms with E-state index in [0.717, 1.165) is 0 Å². The molecule has 0 aliphatic rings. The molecule has 84 valence electrons. The second-order valence-electron chi connectivity index (χ2n) is 3.52. The van der Waals surface area contributed by atoms with Gasteiger partial charge in [-0.25, -0.2) is 4.79 Å². The van der Waals surface area contributed by atoms with Gasteiger partial charge in [0.1, 0.15) is 0 Å². The smallest absolute Gasteiger partial charge is 0.410 e. The lowest BCUT2D eigenvalue weighted by Crippen LogP contribution is -2.42. The zero-order valence-corrected chi connectivity index (χ0v) is 9.74. The zero-order chi connectivity index (χ0) is 11.1. The molecule has 1 unspecified atom stereocenters. The number of rotatable bonds is 5. The molecular formula is C10H21NO3. The number of amides is 1. The highest BCUT2D eigenvalue weighted by molar-refractivity contribution is 5.68. The highest BCUT2D eigenvalue weighted by atomic mass is 16.6. The molecule has 0 saturated heterocycles. The first-order valence-corrected chi connectivity index (χ1v) is 4.99. The topological polar surface area (TPSA) is 38.8 Å². The molecule has 0 aliphatic carbocycles. The van der Waals surface area contributed by atoms with Crippen molar-refractivity contribution in [1.82, 2.24) is 4.90 Å². The Kier molecular flexibility index (Phi) is 6.28. The highest BCUT2D eigenvalue weighted by Gasteiger charge is 2.20. The summed E-state index contributed by atoms with van der Waals surface area (Å²) in [5, 5.41) is 0. The third kappa shape index (κ3) is 4.46. The van der Waals surface area contributed by atoms with Crippen molar-refractivity contribution in [3.05, 3.63) is 0 Å². The van der Waals surface area contributed by atoms with E-state index in [4.69, 9.17) is 9.47 Å². The number of hydrogen-bond acceptors (Lipinski definition) is 3. The summed E-state index contributed by atoms with van der Waals surface area (Å²) in [6, 6.07) is 0.0521. The molecule has 0 aliphatic heterocycles. The molecule has 0 radical (unpaired) electrons. The van der Waals surface area contributed by atoms with Crippen molar-refractivity contribution >= 4 is 6.09 Å². The van der Waals surface area contributed by atoms with Crippen molar-refractivity contribution in [3.8, 4) is 0 Å². The van der Waals surface area contributed by atoms with Crippen LogP contribution in [0.2, 0.25) is 0 Å². The summed E-state index contributed by atoms with van der Waals surface area (Å²) in [7, 11) is 1.62. The fourth-order valence-electron chi connectivity index (χ4n) is 1.22. The maximum atomic E-state index is 11.5. The summed E-state index contributed by atoms with van der Waals surface area (Å²) in [6.45, 7) is 8.71. The van der Waals surface area contributed by atoms with Crippen LogP contribution in [-0.4, -0.2) is 43.4 Å². The fraction of sp³-hybridized carbons (Fsp3) is 0.900. The summed E-state index contributed by atoms with van der Waals surface area (Å²) in [6.07, 6.45) is -0.349. The molecule has 0 bridgehead atoms. The number of carbonyl (C=O) groups excluding carboxylic acids is 1. The molecular weight excluding hydrogens is 182 g/mol. The van der Waals surface area contributed by atoms with Gasteiger partial charge in [-0.1, -0.05) is 0 Å². The van der Waals surface area contributed by atoms with Gasteiger partial charge in [-0.3, -0.25) is 0 Å². The fourth-order valence-corrected chi connectivity index (χ4v) is 1.22. The van der Waals surface area contributed by atoms with Crippen molar-refractivity contribution in [3.63, 3.8) is 0 Å². The number of nitrogens with zero attached hydrogens (tertiary/aromatic N) is 1. The van der Waals surface area contributed by atoms with E-state index in [2.05, 4.69) is 0 Å². The Balaban J connectivity index is 4.17. The number of ether oxygens (including phenoxy) is 2. The molecule has 1 atom stereocenters. The molecule has 0 heterocycles. The molecule has 0 rings (SSSR count). The number of methoxy groups -OCH3 is 1. The van der Waals surface area contributed by atoms with E-state index in [1.54, 1.807) is 12.0 Å². The Morgan fingerprint density at radius 1 is 1.36 bits per heavy atom. The maximum Gasteiger partial charge on any atom is 0.410 e. The van der Waals surface area contributed by atoms with Gasteiger partial charge in [0.25, 0.3) is 0 Å². The van der Waals surface area contributed by atoms with Gasteiger partial charge in [-0.2, -0.15) is 0 Å². The molecule has 4 heteroatoms. The zero-order valence-electron chi connectivity index (χ0n) is 9.74. The first kappa shape index (κ1) is 13.2. The second kappa shape index (κ2) is 6.65. The van der Waals surface area contributed by atoms with Gasteiger partial charge in [0.05, 0.1) is 18.8 Å². The molecule has 0 N–H and O–H groups in total.